The Kier molecular flexibility index (Phi) is 3.55. The third kappa shape index (κ3) is 2.72. The van der Waals surface area contributed by atoms with E-state index in [0.717, 1.165) is 6.07 Å². The van der Waals surface area contributed by atoms with Gasteiger partial charge in [0.1, 0.15) is 0 Å². The number of ether oxygens (including phenoxy) is 1. The largest absolute Gasteiger partial charge is 0.416 e. The van der Waals surface area contributed by atoms with E-state index in [1.54, 1.807) is 6.07 Å². The molecule has 14 heavy (non-hydrogen) atoms. The Bertz CT molecular complexity index is 322. The Morgan fingerprint density at radius 2 is 2.00 bits per heavy atom. The van der Waals surface area contributed by atoms with E-state index in [0.29, 0.717) is 4.47 Å². The van der Waals surface area contributed by atoms with Gasteiger partial charge in [-0.2, -0.15) is 13.2 Å². The molecule has 0 spiro atoms. The van der Waals surface area contributed by atoms with Crippen molar-refractivity contribution in [1.29, 1.82) is 0 Å². The van der Waals surface area contributed by atoms with Crippen LogP contribution in [0.25, 0.3) is 0 Å². The molecule has 0 saturated carbocycles. The number of halogens is 4. The van der Waals surface area contributed by atoms with Crippen molar-refractivity contribution in [2.75, 3.05) is 7.11 Å². The summed E-state index contributed by atoms with van der Waals surface area (Å²) >= 11 is 3.00. The van der Waals surface area contributed by atoms with Gasteiger partial charge in [-0.3, -0.25) is 0 Å². The van der Waals surface area contributed by atoms with Crippen molar-refractivity contribution >= 4 is 15.9 Å². The van der Waals surface area contributed by atoms with Crippen LogP contribution in [0.5, 0.6) is 0 Å². The lowest BCUT2D eigenvalue weighted by atomic mass is 10.1. The minimum Gasteiger partial charge on any atom is -0.380 e. The van der Waals surface area contributed by atoms with Crippen molar-refractivity contribution in [3.05, 3.63) is 33.8 Å². The maximum Gasteiger partial charge on any atom is 0.416 e. The van der Waals surface area contributed by atoms with Gasteiger partial charge in [0.2, 0.25) is 0 Å². The van der Waals surface area contributed by atoms with Gasteiger partial charge in [-0.25, -0.2) is 0 Å². The summed E-state index contributed by atoms with van der Waals surface area (Å²) in [4.78, 5) is 0. The number of hydrogen-bond donors (Lipinski definition) is 0. The van der Waals surface area contributed by atoms with Gasteiger partial charge < -0.3 is 4.74 Å². The van der Waals surface area contributed by atoms with Crippen LogP contribution in [0.4, 0.5) is 13.2 Å². The van der Waals surface area contributed by atoms with Gasteiger partial charge >= 0.3 is 6.18 Å². The summed E-state index contributed by atoms with van der Waals surface area (Å²) in [5, 5.41) is 0. The van der Waals surface area contributed by atoms with Crippen LogP contribution in [0, 0.1) is 0 Å². The first kappa shape index (κ1) is 11.5. The van der Waals surface area contributed by atoms with E-state index in [9.17, 15) is 13.2 Å². The summed E-state index contributed by atoms with van der Waals surface area (Å²) in [6.45, 7) is -0.0396. The van der Waals surface area contributed by atoms with Crippen molar-refractivity contribution in [2.45, 2.75) is 12.8 Å². The SMILES string of the molecule is COCc1ccc(Br)cc1C(F)(F)F. The molecule has 0 heterocycles. The maximum atomic E-state index is 12.5. The van der Waals surface area contributed by atoms with Gasteiger partial charge in [-0.15, -0.1) is 0 Å². The van der Waals surface area contributed by atoms with E-state index in [1.807, 2.05) is 0 Å². The minimum absolute atomic E-state index is 0.0396. The first-order valence-corrected chi connectivity index (χ1v) is 4.59. The number of rotatable bonds is 2. The fraction of sp³-hybridized carbons (Fsp3) is 0.333. The van der Waals surface area contributed by atoms with Crippen molar-refractivity contribution in [1.82, 2.24) is 0 Å². The average molecular weight is 269 g/mol. The molecule has 0 amide bonds. The van der Waals surface area contributed by atoms with E-state index in [-0.39, 0.29) is 12.2 Å². The predicted octanol–water partition coefficient (Wildman–Crippen LogP) is 3.61. The van der Waals surface area contributed by atoms with Crippen LogP contribution in [0.3, 0.4) is 0 Å². The molecule has 0 unspecified atom stereocenters. The third-order valence-electron chi connectivity index (χ3n) is 1.68. The van der Waals surface area contributed by atoms with Crippen molar-refractivity contribution in [2.24, 2.45) is 0 Å². The average Bonchev–Trinajstić information content (AvgIpc) is 2.07. The highest BCUT2D eigenvalue weighted by molar-refractivity contribution is 9.10. The molecule has 1 aromatic carbocycles. The minimum atomic E-state index is -4.34. The second kappa shape index (κ2) is 4.31. The number of alkyl halides is 3. The number of benzene rings is 1. The quantitative estimate of drug-likeness (QED) is 0.796. The lowest BCUT2D eigenvalue weighted by Gasteiger charge is -2.12. The summed E-state index contributed by atoms with van der Waals surface area (Å²) in [6.07, 6.45) is -4.34. The molecule has 78 valence electrons. The highest BCUT2D eigenvalue weighted by Gasteiger charge is 2.33. The van der Waals surface area contributed by atoms with Crippen molar-refractivity contribution in [3.63, 3.8) is 0 Å². The second-order valence-corrected chi connectivity index (χ2v) is 3.65. The molecule has 0 N–H and O–H groups in total. The standard InChI is InChI=1S/C9H8BrF3O/c1-14-5-6-2-3-7(10)4-8(6)9(11,12)13/h2-4H,5H2,1H3. The van der Waals surface area contributed by atoms with Crippen LogP contribution in [-0.2, 0) is 17.5 Å². The summed E-state index contributed by atoms with van der Waals surface area (Å²) in [7, 11) is 1.36. The van der Waals surface area contributed by atoms with Crippen molar-refractivity contribution < 1.29 is 17.9 Å². The zero-order valence-electron chi connectivity index (χ0n) is 7.36. The summed E-state index contributed by atoms with van der Waals surface area (Å²) < 4.78 is 42.5. The fourth-order valence-electron chi connectivity index (χ4n) is 1.09. The van der Waals surface area contributed by atoms with Crippen LogP contribution >= 0.6 is 15.9 Å². The lowest BCUT2D eigenvalue weighted by molar-refractivity contribution is -0.138. The first-order chi connectivity index (χ1) is 6.45. The van der Waals surface area contributed by atoms with Gasteiger partial charge in [-0.05, 0) is 17.7 Å². The normalized spacial score (nSPS) is 11.8. The lowest BCUT2D eigenvalue weighted by Crippen LogP contribution is -2.09. The smallest absolute Gasteiger partial charge is 0.380 e. The first-order valence-electron chi connectivity index (χ1n) is 3.79. The molecule has 0 bridgehead atoms. The number of hydrogen-bond acceptors (Lipinski definition) is 1. The van der Waals surface area contributed by atoms with Crippen molar-refractivity contribution in [3.8, 4) is 0 Å². The van der Waals surface area contributed by atoms with Crippen LogP contribution < -0.4 is 0 Å². The van der Waals surface area contributed by atoms with Gasteiger partial charge in [0.05, 0.1) is 12.2 Å². The van der Waals surface area contributed by atoms with E-state index < -0.39 is 11.7 Å². The fourth-order valence-corrected chi connectivity index (χ4v) is 1.46. The molecule has 1 nitrogen and oxygen atoms in total. The zero-order chi connectivity index (χ0) is 10.8. The van der Waals surface area contributed by atoms with Crippen LogP contribution in [0.2, 0.25) is 0 Å². The monoisotopic (exact) mass is 268 g/mol. The van der Waals surface area contributed by atoms with Crippen LogP contribution in [-0.4, -0.2) is 7.11 Å². The molecular formula is C9H8BrF3O. The topological polar surface area (TPSA) is 9.23 Å². The molecule has 0 aliphatic carbocycles. The maximum absolute atomic E-state index is 12.5. The number of methoxy groups -OCH3 is 1. The van der Waals surface area contributed by atoms with E-state index in [4.69, 9.17) is 0 Å². The molecule has 0 radical (unpaired) electrons. The van der Waals surface area contributed by atoms with Crippen LogP contribution in [0.1, 0.15) is 11.1 Å². The molecule has 5 heteroatoms. The summed E-state index contributed by atoms with van der Waals surface area (Å²) in [6, 6.07) is 4.01. The molecule has 0 aliphatic heterocycles. The Morgan fingerprint density at radius 3 is 2.50 bits per heavy atom. The van der Waals surface area contributed by atoms with E-state index in [2.05, 4.69) is 20.7 Å². The Labute approximate surface area is 88.0 Å². The Hall–Kier alpha value is -0.550. The molecular weight excluding hydrogens is 261 g/mol. The Morgan fingerprint density at radius 1 is 1.36 bits per heavy atom. The molecule has 1 aromatic rings. The molecule has 1 rings (SSSR count). The second-order valence-electron chi connectivity index (χ2n) is 2.73. The zero-order valence-corrected chi connectivity index (χ0v) is 8.95. The molecule has 0 saturated heterocycles. The highest BCUT2D eigenvalue weighted by atomic mass is 79.9. The van der Waals surface area contributed by atoms with E-state index >= 15 is 0 Å². The third-order valence-corrected chi connectivity index (χ3v) is 2.17. The molecule has 0 aromatic heterocycles. The van der Waals surface area contributed by atoms with Gasteiger partial charge in [0, 0.05) is 11.6 Å². The Balaban J connectivity index is 3.16. The summed E-state index contributed by atoms with van der Waals surface area (Å²) in [5.41, 5.74) is -0.517. The predicted molar refractivity (Wildman–Crippen MR) is 49.9 cm³/mol. The van der Waals surface area contributed by atoms with Gasteiger partial charge in [-0.1, -0.05) is 22.0 Å². The molecule has 0 aliphatic rings. The van der Waals surface area contributed by atoms with Gasteiger partial charge in [0.15, 0.2) is 0 Å². The van der Waals surface area contributed by atoms with E-state index in [1.165, 1.54) is 13.2 Å². The summed E-state index contributed by atoms with van der Waals surface area (Å²) in [5.74, 6) is 0. The van der Waals surface area contributed by atoms with Crippen LogP contribution in [0.15, 0.2) is 22.7 Å². The molecule has 0 fully saturated rings. The van der Waals surface area contributed by atoms with Gasteiger partial charge in [0.25, 0.3) is 0 Å². The molecule has 0 atom stereocenters. The highest BCUT2D eigenvalue weighted by Crippen LogP contribution is 2.34.